The van der Waals surface area contributed by atoms with Crippen molar-refractivity contribution in [3.05, 3.63) is 65.7 Å². The molecule has 5 nitrogen and oxygen atoms in total. The minimum absolute atomic E-state index is 0.0751. The molecule has 0 fully saturated rings. The lowest BCUT2D eigenvalue weighted by atomic mass is 9.99. The Kier molecular flexibility index (Phi) is 2.80. The molecule has 3 rings (SSSR count). The summed E-state index contributed by atoms with van der Waals surface area (Å²) in [5.74, 6) is -1.61. The van der Waals surface area contributed by atoms with E-state index in [1.165, 1.54) is 6.33 Å². The van der Waals surface area contributed by atoms with E-state index in [2.05, 4.69) is 9.97 Å². The Morgan fingerprint density at radius 3 is 2.60 bits per heavy atom. The molecule has 0 spiro atoms. The third-order valence-corrected chi connectivity index (χ3v) is 3.10. The number of carbonyl (C=O) groups excluding carboxylic acids is 1. The predicted molar refractivity (Wildman–Crippen MR) is 72.9 cm³/mol. The molecule has 0 aliphatic rings. The summed E-state index contributed by atoms with van der Waals surface area (Å²) in [6, 6.07) is 12.8. The Balaban J connectivity index is 2.18. The average Bonchev–Trinajstić information content (AvgIpc) is 2.95. The zero-order chi connectivity index (χ0) is 14.1. The lowest BCUT2D eigenvalue weighted by Crippen LogP contribution is -2.10. The van der Waals surface area contributed by atoms with E-state index in [9.17, 15) is 9.59 Å². The molecule has 0 aliphatic heterocycles. The molecule has 0 bridgehead atoms. The number of fused-ring (bicyclic) bond motifs is 1. The molecule has 20 heavy (non-hydrogen) atoms. The number of aromatic carboxylic acids is 1. The molecule has 98 valence electrons. The Hall–Kier alpha value is -2.95. The number of aromatic nitrogens is 2. The van der Waals surface area contributed by atoms with Crippen LogP contribution in [0.4, 0.5) is 0 Å². The van der Waals surface area contributed by atoms with E-state index in [-0.39, 0.29) is 11.4 Å². The Bertz CT molecular complexity index is 815. The first-order valence-corrected chi connectivity index (χ1v) is 5.97. The summed E-state index contributed by atoms with van der Waals surface area (Å²) in [7, 11) is 0. The molecule has 0 radical (unpaired) electrons. The number of nitrogens with zero attached hydrogens (tertiary/aromatic N) is 1. The molecule has 2 aromatic carbocycles. The van der Waals surface area contributed by atoms with Gasteiger partial charge in [-0.1, -0.05) is 42.5 Å². The van der Waals surface area contributed by atoms with Gasteiger partial charge in [0.05, 0.1) is 6.33 Å². The maximum Gasteiger partial charge on any atom is 0.354 e. The number of imidazole rings is 1. The quantitative estimate of drug-likeness (QED) is 0.713. The molecule has 5 heteroatoms. The van der Waals surface area contributed by atoms with E-state index in [1.54, 1.807) is 12.1 Å². The van der Waals surface area contributed by atoms with Crippen LogP contribution >= 0.6 is 0 Å². The monoisotopic (exact) mass is 266 g/mol. The fraction of sp³-hybridized carbons (Fsp3) is 0. The largest absolute Gasteiger partial charge is 0.477 e. The number of benzene rings is 2. The van der Waals surface area contributed by atoms with Crippen LogP contribution in [-0.4, -0.2) is 26.8 Å². The second kappa shape index (κ2) is 4.62. The van der Waals surface area contributed by atoms with Crippen molar-refractivity contribution in [3.8, 4) is 0 Å². The van der Waals surface area contributed by atoms with Crippen LogP contribution in [0.1, 0.15) is 26.5 Å². The minimum Gasteiger partial charge on any atom is -0.477 e. The Morgan fingerprint density at radius 1 is 1.05 bits per heavy atom. The molecule has 0 saturated carbocycles. The zero-order valence-electron chi connectivity index (χ0n) is 10.3. The van der Waals surface area contributed by atoms with Crippen LogP contribution in [0.3, 0.4) is 0 Å². The van der Waals surface area contributed by atoms with Crippen molar-refractivity contribution in [1.29, 1.82) is 0 Å². The van der Waals surface area contributed by atoms with Crippen LogP contribution in [0.25, 0.3) is 10.8 Å². The Morgan fingerprint density at radius 2 is 1.80 bits per heavy atom. The molecule has 2 N–H and O–H groups in total. The number of aromatic amines is 1. The van der Waals surface area contributed by atoms with Gasteiger partial charge in [-0.05, 0) is 10.8 Å². The Labute approximate surface area is 113 Å². The van der Waals surface area contributed by atoms with E-state index >= 15 is 0 Å². The summed E-state index contributed by atoms with van der Waals surface area (Å²) in [5, 5.41) is 10.7. The normalized spacial score (nSPS) is 10.6. The number of rotatable bonds is 3. The van der Waals surface area contributed by atoms with Gasteiger partial charge in [0, 0.05) is 5.56 Å². The van der Waals surface area contributed by atoms with Gasteiger partial charge in [-0.3, -0.25) is 4.79 Å². The van der Waals surface area contributed by atoms with Crippen molar-refractivity contribution in [1.82, 2.24) is 9.97 Å². The lowest BCUT2D eigenvalue weighted by molar-refractivity contribution is 0.0687. The van der Waals surface area contributed by atoms with E-state index in [4.69, 9.17) is 5.11 Å². The van der Waals surface area contributed by atoms with Crippen LogP contribution in [0.2, 0.25) is 0 Å². The van der Waals surface area contributed by atoms with Crippen molar-refractivity contribution in [2.24, 2.45) is 0 Å². The van der Waals surface area contributed by atoms with Crippen molar-refractivity contribution < 1.29 is 14.7 Å². The van der Waals surface area contributed by atoms with E-state index in [1.807, 2.05) is 30.3 Å². The number of hydrogen-bond acceptors (Lipinski definition) is 3. The number of carboxylic acids is 1. The maximum absolute atomic E-state index is 12.5. The van der Waals surface area contributed by atoms with Gasteiger partial charge in [0.2, 0.25) is 5.78 Å². The topological polar surface area (TPSA) is 83.0 Å². The SMILES string of the molecule is O=C(O)c1[nH]cnc1C(=O)c1cccc2ccccc12. The van der Waals surface area contributed by atoms with Gasteiger partial charge >= 0.3 is 5.97 Å². The number of H-pyrrole nitrogens is 1. The van der Waals surface area contributed by atoms with Crippen molar-refractivity contribution in [2.75, 3.05) is 0 Å². The number of ketones is 1. The van der Waals surface area contributed by atoms with E-state index < -0.39 is 11.8 Å². The van der Waals surface area contributed by atoms with Crippen LogP contribution in [0, 0.1) is 0 Å². The highest BCUT2D eigenvalue weighted by Crippen LogP contribution is 2.21. The van der Waals surface area contributed by atoms with E-state index in [0.29, 0.717) is 5.56 Å². The molecule has 0 atom stereocenters. The summed E-state index contributed by atoms with van der Waals surface area (Å²) in [6.07, 6.45) is 1.21. The summed E-state index contributed by atoms with van der Waals surface area (Å²) >= 11 is 0. The standard InChI is InChI=1S/C15H10N2O3/c18-14(12-13(15(19)20)17-8-16-12)11-7-3-5-9-4-1-2-6-10(9)11/h1-8H,(H,16,17)(H,19,20). The summed E-state index contributed by atoms with van der Waals surface area (Å²) in [5.41, 5.74) is 0.175. The highest BCUT2D eigenvalue weighted by atomic mass is 16.4. The molecular formula is C15H10N2O3. The fourth-order valence-corrected chi connectivity index (χ4v) is 2.18. The fourth-order valence-electron chi connectivity index (χ4n) is 2.18. The predicted octanol–water partition coefficient (Wildman–Crippen LogP) is 2.49. The second-order valence-corrected chi connectivity index (χ2v) is 4.29. The minimum atomic E-state index is -1.20. The van der Waals surface area contributed by atoms with Crippen molar-refractivity contribution >= 4 is 22.5 Å². The van der Waals surface area contributed by atoms with Crippen LogP contribution in [0.5, 0.6) is 0 Å². The first-order valence-electron chi connectivity index (χ1n) is 5.97. The van der Waals surface area contributed by atoms with Crippen LogP contribution < -0.4 is 0 Å². The molecule has 0 aliphatic carbocycles. The summed E-state index contributed by atoms with van der Waals surface area (Å²) in [4.78, 5) is 29.9. The molecule has 1 aromatic heterocycles. The first-order chi connectivity index (χ1) is 9.68. The van der Waals surface area contributed by atoms with Gasteiger partial charge in [0.15, 0.2) is 5.69 Å². The molecule has 1 heterocycles. The third-order valence-electron chi connectivity index (χ3n) is 3.10. The molecule has 3 aromatic rings. The highest BCUT2D eigenvalue weighted by molar-refractivity contribution is 6.18. The molecular weight excluding hydrogens is 256 g/mol. The van der Waals surface area contributed by atoms with Gasteiger partial charge in [-0.2, -0.15) is 0 Å². The number of carboxylic acid groups (broad SMARTS) is 1. The second-order valence-electron chi connectivity index (χ2n) is 4.29. The molecule has 0 saturated heterocycles. The van der Waals surface area contributed by atoms with Gasteiger partial charge in [0.1, 0.15) is 5.69 Å². The van der Waals surface area contributed by atoms with Crippen LogP contribution in [0.15, 0.2) is 48.8 Å². The van der Waals surface area contributed by atoms with Crippen LogP contribution in [-0.2, 0) is 0 Å². The smallest absolute Gasteiger partial charge is 0.354 e. The third kappa shape index (κ3) is 1.85. The number of nitrogens with one attached hydrogen (secondary N) is 1. The van der Waals surface area contributed by atoms with E-state index in [0.717, 1.165) is 10.8 Å². The highest BCUT2D eigenvalue weighted by Gasteiger charge is 2.22. The number of hydrogen-bond donors (Lipinski definition) is 2. The van der Waals surface area contributed by atoms with Crippen molar-refractivity contribution in [2.45, 2.75) is 0 Å². The first kappa shape index (κ1) is 12.1. The number of carbonyl (C=O) groups is 2. The van der Waals surface area contributed by atoms with Gasteiger partial charge < -0.3 is 10.1 Å². The van der Waals surface area contributed by atoms with Gasteiger partial charge in [-0.15, -0.1) is 0 Å². The molecule has 0 amide bonds. The lowest BCUT2D eigenvalue weighted by Gasteiger charge is -2.04. The van der Waals surface area contributed by atoms with Gasteiger partial charge in [-0.25, -0.2) is 9.78 Å². The summed E-state index contributed by atoms with van der Waals surface area (Å²) < 4.78 is 0. The summed E-state index contributed by atoms with van der Waals surface area (Å²) in [6.45, 7) is 0. The maximum atomic E-state index is 12.5. The molecule has 0 unspecified atom stereocenters. The average molecular weight is 266 g/mol. The van der Waals surface area contributed by atoms with Crippen molar-refractivity contribution in [3.63, 3.8) is 0 Å². The zero-order valence-corrected chi connectivity index (χ0v) is 10.3. The van der Waals surface area contributed by atoms with Gasteiger partial charge in [0.25, 0.3) is 0 Å².